The second-order valence-corrected chi connectivity index (χ2v) is 13.1. The number of unbranched alkanes of at least 4 members (excludes halogenated alkanes) is 10. The summed E-state index contributed by atoms with van der Waals surface area (Å²) in [4.78, 5) is 0. The number of benzene rings is 1. The summed E-state index contributed by atoms with van der Waals surface area (Å²) in [5.74, 6) is 2.38. The van der Waals surface area contributed by atoms with Gasteiger partial charge in [-0.2, -0.15) is 0 Å². The lowest BCUT2D eigenvalue weighted by Gasteiger charge is -2.42. The molecule has 0 aromatic heterocycles. The van der Waals surface area contributed by atoms with Crippen LogP contribution in [0, 0.1) is 17.3 Å². The van der Waals surface area contributed by atoms with Gasteiger partial charge in [0.2, 0.25) is 0 Å². The van der Waals surface area contributed by atoms with Gasteiger partial charge in [0, 0.05) is 0 Å². The van der Waals surface area contributed by atoms with E-state index in [1.54, 1.807) is 0 Å². The second kappa shape index (κ2) is 20.3. The summed E-state index contributed by atoms with van der Waals surface area (Å²) in [5, 5.41) is 0. The SMILES string of the molecule is CCCCCCCCC1CCCOP(Oc2ccccc2)OCCCC(CCCCCCCC)C1(C)C. The molecule has 1 aromatic carbocycles. The third kappa shape index (κ3) is 13.8. The van der Waals surface area contributed by atoms with Gasteiger partial charge in [-0.15, -0.1) is 0 Å². The van der Waals surface area contributed by atoms with Crippen LogP contribution in [0.1, 0.15) is 143 Å². The van der Waals surface area contributed by atoms with Crippen LogP contribution in [0.15, 0.2) is 30.3 Å². The molecule has 1 saturated heterocycles. The predicted octanol–water partition coefficient (Wildman–Crippen LogP) is 11.7. The van der Waals surface area contributed by atoms with Gasteiger partial charge in [-0.25, -0.2) is 0 Å². The first-order chi connectivity index (χ1) is 18.1. The van der Waals surface area contributed by atoms with Crippen LogP contribution in [0.3, 0.4) is 0 Å². The van der Waals surface area contributed by atoms with Crippen molar-refractivity contribution in [2.75, 3.05) is 13.2 Å². The van der Waals surface area contributed by atoms with Gasteiger partial charge in [-0.3, -0.25) is 0 Å². The Morgan fingerprint density at radius 3 is 1.65 bits per heavy atom. The summed E-state index contributed by atoms with van der Waals surface area (Å²) in [6, 6.07) is 9.99. The van der Waals surface area contributed by atoms with Gasteiger partial charge in [0.25, 0.3) is 0 Å². The fourth-order valence-corrected chi connectivity index (χ4v) is 7.08. The fourth-order valence-electron chi connectivity index (χ4n) is 6.05. The van der Waals surface area contributed by atoms with Crippen molar-refractivity contribution in [1.82, 2.24) is 0 Å². The molecule has 2 unspecified atom stereocenters. The Balaban J connectivity index is 1.99. The minimum Gasteiger partial charge on any atom is -0.427 e. The van der Waals surface area contributed by atoms with E-state index in [1.165, 1.54) is 103 Å². The molecule has 0 spiro atoms. The predicted molar refractivity (Wildman–Crippen MR) is 161 cm³/mol. The van der Waals surface area contributed by atoms with Crippen LogP contribution >= 0.6 is 8.60 Å². The molecule has 214 valence electrons. The maximum Gasteiger partial charge on any atom is 0.397 e. The summed E-state index contributed by atoms with van der Waals surface area (Å²) in [5.41, 5.74) is 0.372. The fraction of sp³-hybridized carbons (Fsp3) is 0.818. The first-order valence-electron chi connectivity index (χ1n) is 15.9. The molecule has 0 radical (unpaired) electrons. The Kier molecular flexibility index (Phi) is 17.9. The van der Waals surface area contributed by atoms with E-state index in [0.29, 0.717) is 5.41 Å². The summed E-state index contributed by atoms with van der Waals surface area (Å²) in [6.45, 7) is 11.3. The molecule has 3 nitrogen and oxygen atoms in total. The molecule has 37 heavy (non-hydrogen) atoms. The monoisotopic (exact) mass is 534 g/mol. The van der Waals surface area contributed by atoms with Crippen molar-refractivity contribution in [3.63, 3.8) is 0 Å². The van der Waals surface area contributed by atoms with E-state index < -0.39 is 8.60 Å². The van der Waals surface area contributed by atoms with Crippen molar-refractivity contribution < 1.29 is 13.6 Å². The minimum absolute atomic E-state index is 0.372. The third-order valence-corrected chi connectivity index (χ3v) is 9.77. The highest BCUT2D eigenvalue weighted by Crippen LogP contribution is 2.47. The molecule has 4 heteroatoms. The van der Waals surface area contributed by atoms with Gasteiger partial charge in [-0.1, -0.05) is 123 Å². The lowest BCUT2D eigenvalue weighted by Crippen LogP contribution is -2.33. The number of hydrogen-bond donors (Lipinski definition) is 0. The Hall–Kier alpha value is -0.630. The van der Waals surface area contributed by atoms with Crippen molar-refractivity contribution in [3.8, 4) is 5.75 Å². The average Bonchev–Trinajstić information content (AvgIpc) is 2.89. The van der Waals surface area contributed by atoms with Gasteiger partial charge in [-0.05, 0) is 67.9 Å². The molecule has 0 saturated carbocycles. The third-order valence-electron chi connectivity index (χ3n) is 8.63. The topological polar surface area (TPSA) is 27.7 Å². The normalized spacial score (nSPS) is 23.2. The lowest BCUT2D eigenvalue weighted by atomic mass is 9.63. The highest BCUT2D eigenvalue weighted by Gasteiger charge is 2.36. The van der Waals surface area contributed by atoms with Crippen LogP contribution in [0.2, 0.25) is 0 Å². The van der Waals surface area contributed by atoms with E-state index in [-0.39, 0.29) is 0 Å². The Labute approximate surface area is 231 Å². The first kappa shape index (κ1) is 32.6. The van der Waals surface area contributed by atoms with Crippen LogP contribution in [0.4, 0.5) is 0 Å². The van der Waals surface area contributed by atoms with Crippen LogP contribution in [-0.4, -0.2) is 13.2 Å². The van der Waals surface area contributed by atoms with Crippen molar-refractivity contribution in [2.24, 2.45) is 17.3 Å². The van der Waals surface area contributed by atoms with E-state index in [2.05, 4.69) is 27.7 Å². The average molecular weight is 535 g/mol. The largest absolute Gasteiger partial charge is 0.427 e. The van der Waals surface area contributed by atoms with E-state index in [4.69, 9.17) is 13.6 Å². The van der Waals surface area contributed by atoms with Gasteiger partial charge in [0.05, 0.1) is 13.2 Å². The maximum atomic E-state index is 6.16. The van der Waals surface area contributed by atoms with Crippen molar-refractivity contribution in [1.29, 1.82) is 0 Å². The van der Waals surface area contributed by atoms with Crippen LogP contribution in [0.5, 0.6) is 5.75 Å². The molecule has 1 aromatic rings. The zero-order chi connectivity index (χ0) is 26.6. The van der Waals surface area contributed by atoms with Gasteiger partial charge < -0.3 is 13.6 Å². The Bertz CT molecular complexity index is 616. The summed E-state index contributed by atoms with van der Waals surface area (Å²) < 4.78 is 18.4. The molecule has 0 amide bonds. The second-order valence-electron chi connectivity index (χ2n) is 11.9. The Morgan fingerprint density at radius 1 is 0.703 bits per heavy atom. The molecular formula is C33H59O3P. The highest BCUT2D eigenvalue weighted by molar-refractivity contribution is 7.42. The van der Waals surface area contributed by atoms with E-state index in [0.717, 1.165) is 43.6 Å². The maximum absolute atomic E-state index is 6.16. The van der Waals surface area contributed by atoms with E-state index >= 15 is 0 Å². The van der Waals surface area contributed by atoms with Crippen molar-refractivity contribution >= 4 is 8.60 Å². The Morgan fingerprint density at radius 2 is 1.16 bits per heavy atom. The van der Waals surface area contributed by atoms with Gasteiger partial charge in [0.1, 0.15) is 5.75 Å². The van der Waals surface area contributed by atoms with Gasteiger partial charge >= 0.3 is 8.60 Å². The first-order valence-corrected chi connectivity index (χ1v) is 17.0. The zero-order valence-corrected chi connectivity index (χ0v) is 25.7. The summed E-state index contributed by atoms with van der Waals surface area (Å²) in [6.07, 6.45) is 24.1. The molecule has 2 rings (SSSR count). The van der Waals surface area contributed by atoms with Crippen molar-refractivity contribution in [3.05, 3.63) is 30.3 Å². The van der Waals surface area contributed by atoms with Crippen LogP contribution in [-0.2, 0) is 9.05 Å². The highest BCUT2D eigenvalue weighted by atomic mass is 31.2. The smallest absolute Gasteiger partial charge is 0.397 e. The van der Waals surface area contributed by atoms with Crippen molar-refractivity contribution in [2.45, 2.75) is 143 Å². The lowest BCUT2D eigenvalue weighted by molar-refractivity contribution is 0.0669. The molecule has 0 aliphatic carbocycles. The van der Waals surface area contributed by atoms with E-state index in [9.17, 15) is 0 Å². The molecule has 0 N–H and O–H groups in total. The zero-order valence-electron chi connectivity index (χ0n) is 24.9. The summed E-state index contributed by atoms with van der Waals surface area (Å²) >= 11 is 0. The molecular weight excluding hydrogens is 475 g/mol. The van der Waals surface area contributed by atoms with Crippen LogP contribution < -0.4 is 4.52 Å². The molecule has 1 heterocycles. The number of rotatable bonds is 16. The standard InChI is InChI=1S/C33H59O3P/c1-5-7-9-11-13-16-22-30-24-20-28-34-37(36-32-26-18-15-19-27-32)35-29-21-25-31(33(30,3)4)23-17-14-12-10-8-6-2/h15,18-19,26-27,30-31H,5-14,16-17,20-25,28-29H2,1-4H3. The quantitative estimate of drug-likeness (QED) is 0.156. The molecule has 1 aliphatic heterocycles. The minimum atomic E-state index is -1.33. The molecule has 2 atom stereocenters. The molecule has 1 fully saturated rings. The van der Waals surface area contributed by atoms with Gasteiger partial charge in [0.15, 0.2) is 0 Å². The molecule has 0 bridgehead atoms. The number of hydrogen-bond acceptors (Lipinski definition) is 3. The summed E-state index contributed by atoms with van der Waals surface area (Å²) in [7, 11) is -1.33. The van der Waals surface area contributed by atoms with Crippen LogP contribution in [0.25, 0.3) is 0 Å². The molecule has 1 aliphatic rings. The number of para-hydroxylation sites is 1. The van der Waals surface area contributed by atoms with E-state index in [1.807, 2.05) is 30.3 Å².